The van der Waals surface area contributed by atoms with Crippen molar-refractivity contribution < 1.29 is 4.74 Å². The van der Waals surface area contributed by atoms with E-state index in [1.54, 1.807) is 6.20 Å². The number of hydrogen-bond acceptors (Lipinski definition) is 4. The summed E-state index contributed by atoms with van der Waals surface area (Å²) in [6, 6.07) is 2.40. The van der Waals surface area contributed by atoms with Crippen LogP contribution in [0, 0.1) is 6.92 Å². The van der Waals surface area contributed by atoms with Gasteiger partial charge in [0, 0.05) is 25.5 Å². The SMILES string of the molecule is Cc1nccc(NC2CCOCC2)n1. The fourth-order valence-corrected chi connectivity index (χ4v) is 1.59. The highest BCUT2D eigenvalue weighted by Gasteiger charge is 2.13. The molecule has 0 aliphatic carbocycles. The molecular formula is C10H15N3O. The van der Waals surface area contributed by atoms with Crippen molar-refractivity contribution in [2.75, 3.05) is 18.5 Å². The smallest absolute Gasteiger partial charge is 0.129 e. The Kier molecular flexibility index (Phi) is 2.93. The van der Waals surface area contributed by atoms with Gasteiger partial charge in [-0.2, -0.15) is 0 Å². The Morgan fingerprint density at radius 1 is 1.43 bits per heavy atom. The molecule has 0 amide bonds. The van der Waals surface area contributed by atoms with Crippen LogP contribution in [0.25, 0.3) is 0 Å². The second-order valence-corrected chi connectivity index (χ2v) is 3.52. The van der Waals surface area contributed by atoms with Gasteiger partial charge in [-0.15, -0.1) is 0 Å². The monoisotopic (exact) mass is 193 g/mol. The zero-order valence-corrected chi connectivity index (χ0v) is 8.36. The molecule has 2 rings (SSSR count). The topological polar surface area (TPSA) is 47.0 Å². The minimum absolute atomic E-state index is 0.498. The molecule has 1 aliphatic rings. The number of rotatable bonds is 2. The van der Waals surface area contributed by atoms with Crippen molar-refractivity contribution in [3.63, 3.8) is 0 Å². The summed E-state index contributed by atoms with van der Waals surface area (Å²) in [4.78, 5) is 8.36. The molecule has 4 heteroatoms. The molecule has 14 heavy (non-hydrogen) atoms. The maximum absolute atomic E-state index is 5.29. The molecule has 0 bridgehead atoms. The Balaban J connectivity index is 1.95. The van der Waals surface area contributed by atoms with Gasteiger partial charge in [0.05, 0.1) is 0 Å². The zero-order valence-electron chi connectivity index (χ0n) is 8.36. The molecule has 0 spiro atoms. The van der Waals surface area contributed by atoms with Gasteiger partial charge in [-0.3, -0.25) is 0 Å². The zero-order chi connectivity index (χ0) is 9.80. The molecule has 4 nitrogen and oxygen atoms in total. The first-order chi connectivity index (χ1) is 6.84. The van der Waals surface area contributed by atoms with Gasteiger partial charge in [-0.05, 0) is 25.8 Å². The minimum atomic E-state index is 0.498. The number of anilines is 1. The van der Waals surface area contributed by atoms with E-state index in [0.717, 1.165) is 37.7 Å². The van der Waals surface area contributed by atoms with E-state index in [1.807, 2.05) is 13.0 Å². The summed E-state index contributed by atoms with van der Waals surface area (Å²) in [7, 11) is 0. The largest absolute Gasteiger partial charge is 0.381 e. The maximum atomic E-state index is 5.29. The lowest BCUT2D eigenvalue weighted by atomic mass is 10.1. The molecule has 76 valence electrons. The fourth-order valence-electron chi connectivity index (χ4n) is 1.59. The van der Waals surface area contributed by atoms with E-state index in [1.165, 1.54) is 0 Å². The number of nitrogens with zero attached hydrogens (tertiary/aromatic N) is 2. The lowest BCUT2D eigenvalue weighted by Crippen LogP contribution is -2.28. The van der Waals surface area contributed by atoms with Crippen molar-refractivity contribution in [2.24, 2.45) is 0 Å². The van der Waals surface area contributed by atoms with E-state index in [4.69, 9.17) is 4.74 Å². The summed E-state index contributed by atoms with van der Waals surface area (Å²) in [6.07, 6.45) is 3.90. The molecular weight excluding hydrogens is 178 g/mol. The van der Waals surface area contributed by atoms with Crippen molar-refractivity contribution in [3.8, 4) is 0 Å². The third-order valence-corrected chi connectivity index (χ3v) is 2.35. The maximum Gasteiger partial charge on any atom is 0.129 e. The first kappa shape index (κ1) is 9.40. The lowest BCUT2D eigenvalue weighted by molar-refractivity contribution is 0.0904. The minimum Gasteiger partial charge on any atom is -0.381 e. The first-order valence-electron chi connectivity index (χ1n) is 4.98. The van der Waals surface area contributed by atoms with Gasteiger partial charge in [0.1, 0.15) is 11.6 Å². The molecule has 0 saturated carbocycles. The van der Waals surface area contributed by atoms with E-state index in [2.05, 4.69) is 15.3 Å². The van der Waals surface area contributed by atoms with Crippen molar-refractivity contribution in [1.29, 1.82) is 0 Å². The van der Waals surface area contributed by atoms with Crippen molar-refractivity contribution in [1.82, 2.24) is 9.97 Å². The summed E-state index contributed by atoms with van der Waals surface area (Å²) in [6.45, 7) is 3.60. The lowest BCUT2D eigenvalue weighted by Gasteiger charge is -2.23. The average molecular weight is 193 g/mol. The van der Waals surface area contributed by atoms with E-state index in [-0.39, 0.29) is 0 Å². The molecule has 0 radical (unpaired) electrons. The third-order valence-electron chi connectivity index (χ3n) is 2.35. The predicted molar refractivity (Wildman–Crippen MR) is 54.2 cm³/mol. The fraction of sp³-hybridized carbons (Fsp3) is 0.600. The standard InChI is InChI=1S/C10H15N3O/c1-8-11-5-2-10(12-8)13-9-3-6-14-7-4-9/h2,5,9H,3-4,6-7H2,1H3,(H,11,12,13). The molecule has 1 saturated heterocycles. The Morgan fingerprint density at radius 2 is 2.21 bits per heavy atom. The number of hydrogen-bond donors (Lipinski definition) is 1. The summed E-state index contributed by atoms with van der Waals surface area (Å²) in [5.74, 6) is 1.73. The van der Waals surface area contributed by atoms with Crippen LogP contribution < -0.4 is 5.32 Å². The molecule has 0 aromatic carbocycles. The van der Waals surface area contributed by atoms with Crippen LogP contribution >= 0.6 is 0 Å². The van der Waals surface area contributed by atoms with Crippen molar-refractivity contribution in [3.05, 3.63) is 18.1 Å². The summed E-state index contributed by atoms with van der Waals surface area (Å²) in [5.41, 5.74) is 0. The molecule has 2 heterocycles. The number of aromatic nitrogens is 2. The Morgan fingerprint density at radius 3 is 2.93 bits per heavy atom. The predicted octanol–water partition coefficient (Wildman–Crippen LogP) is 1.38. The van der Waals surface area contributed by atoms with Crippen LogP contribution in [0.15, 0.2) is 12.3 Å². The van der Waals surface area contributed by atoms with Crippen molar-refractivity contribution in [2.45, 2.75) is 25.8 Å². The Labute approximate surface area is 83.7 Å². The highest BCUT2D eigenvalue weighted by molar-refractivity contribution is 5.34. The van der Waals surface area contributed by atoms with Gasteiger partial charge in [-0.1, -0.05) is 0 Å². The molecule has 1 aliphatic heterocycles. The number of ether oxygens (including phenoxy) is 1. The second-order valence-electron chi connectivity index (χ2n) is 3.52. The molecule has 1 aromatic rings. The number of aryl methyl sites for hydroxylation is 1. The van der Waals surface area contributed by atoms with E-state index in [0.29, 0.717) is 6.04 Å². The third kappa shape index (κ3) is 2.42. The van der Waals surface area contributed by atoms with Gasteiger partial charge < -0.3 is 10.1 Å². The van der Waals surface area contributed by atoms with Crippen LogP contribution in [0.2, 0.25) is 0 Å². The Hall–Kier alpha value is -1.16. The van der Waals surface area contributed by atoms with Crippen LogP contribution in [-0.2, 0) is 4.74 Å². The highest BCUT2D eigenvalue weighted by atomic mass is 16.5. The van der Waals surface area contributed by atoms with Crippen LogP contribution in [0.1, 0.15) is 18.7 Å². The van der Waals surface area contributed by atoms with Gasteiger partial charge in [-0.25, -0.2) is 9.97 Å². The quantitative estimate of drug-likeness (QED) is 0.770. The number of nitrogens with one attached hydrogen (secondary N) is 1. The second kappa shape index (κ2) is 4.37. The van der Waals surface area contributed by atoms with Crippen LogP contribution in [0.4, 0.5) is 5.82 Å². The first-order valence-corrected chi connectivity index (χ1v) is 4.98. The van der Waals surface area contributed by atoms with Crippen molar-refractivity contribution >= 4 is 5.82 Å². The molecule has 1 fully saturated rings. The summed E-state index contributed by atoms with van der Waals surface area (Å²) >= 11 is 0. The molecule has 1 N–H and O–H groups in total. The van der Waals surface area contributed by atoms with E-state index in [9.17, 15) is 0 Å². The van der Waals surface area contributed by atoms with Crippen LogP contribution in [-0.4, -0.2) is 29.2 Å². The van der Waals surface area contributed by atoms with Crippen LogP contribution in [0.3, 0.4) is 0 Å². The van der Waals surface area contributed by atoms with Gasteiger partial charge >= 0.3 is 0 Å². The van der Waals surface area contributed by atoms with E-state index >= 15 is 0 Å². The normalized spacial score (nSPS) is 18.1. The highest BCUT2D eigenvalue weighted by Crippen LogP contribution is 2.12. The molecule has 1 aromatic heterocycles. The molecule has 0 unspecified atom stereocenters. The van der Waals surface area contributed by atoms with Gasteiger partial charge in [0.2, 0.25) is 0 Å². The van der Waals surface area contributed by atoms with E-state index < -0.39 is 0 Å². The average Bonchev–Trinajstić information content (AvgIpc) is 2.19. The van der Waals surface area contributed by atoms with Gasteiger partial charge in [0.25, 0.3) is 0 Å². The summed E-state index contributed by atoms with van der Waals surface area (Å²) < 4.78 is 5.29. The molecule has 0 atom stereocenters. The van der Waals surface area contributed by atoms with Crippen LogP contribution in [0.5, 0.6) is 0 Å². The summed E-state index contributed by atoms with van der Waals surface area (Å²) in [5, 5.41) is 3.39. The Bertz CT molecular complexity index is 297. The van der Waals surface area contributed by atoms with Gasteiger partial charge in [0.15, 0.2) is 0 Å².